The molecule has 1 heterocycles. The summed E-state index contributed by atoms with van der Waals surface area (Å²) in [5, 5.41) is 10.3. The largest absolute Gasteiger partial charge is 0.461 e. The SMILES string of the molecule is CC(=O)O[C@@H]1C[C@H](C(C)(C)O)O[C@H]2CCC(C)=C(C=O)[C@@]21C. The number of hydrogen-bond acceptors (Lipinski definition) is 5. The number of rotatable bonds is 3. The minimum absolute atomic E-state index is 0.245. The first kappa shape index (κ1) is 17.2. The van der Waals surface area contributed by atoms with Crippen LogP contribution in [0.3, 0.4) is 0 Å². The first-order valence-corrected chi connectivity index (χ1v) is 7.81. The molecule has 0 radical (unpaired) electrons. The first-order valence-electron chi connectivity index (χ1n) is 7.81. The van der Waals surface area contributed by atoms with Crippen molar-refractivity contribution in [2.24, 2.45) is 5.41 Å². The van der Waals surface area contributed by atoms with E-state index in [0.29, 0.717) is 12.0 Å². The van der Waals surface area contributed by atoms with Crippen molar-refractivity contribution in [1.82, 2.24) is 0 Å². The highest BCUT2D eigenvalue weighted by atomic mass is 16.6. The Kier molecular flexibility index (Phi) is 4.51. The van der Waals surface area contributed by atoms with Crippen molar-refractivity contribution >= 4 is 12.3 Å². The van der Waals surface area contributed by atoms with Crippen LogP contribution in [0.25, 0.3) is 0 Å². The summed E-state index contributed by atoms with van der Waals surface area (Å²) in [6.45, 7) is 8.62. The third-order valence-corrected chi connectivity index (χ3v) is 5.13. The highest BCUT2D eigenvalue weighted by Gasteiger charge is 2.55. The van der Waals surface area contributed by atoms with E-state index in [4.69, 9.17) is 9.47 Å². The molecular formula is C17H26O5. The molecule has 1 fully saturated rings. The van der Waals surface area contributed by atoms with Gasteiger partial charge in [0.05, 0.1) is 23.2 Å². The Morgan fingerprint density at radius 3 is 2.64 bits per heavy atom. The van der Waals surface area contributed by atoms with Crippen molar-refractivity contribution in [3.8, 4) is 0 Å². The fraction of sp³-hybridized carbons (Fsp3) is 0.765. The molecule has 0 unspecified atom stereocenters. The predicted octanol–water partition coefficient (Wildman–Crippen LogP) is 2.16. The lowest BCUT2D eigenvalue weighted by Crippen LogP contribution is -2.59. The van der Waals surface area contributed by atoms with Crippen LogP contribution < -0.4 is 0 Å². The fourth-order valence-corrected chi connectivity index (χ4v) is 3.75. The fourth-order valence-electron chi connectivity index (χ4n) is 3.75. The number of aldehydes is 1. The van der Waals surface area contributed by atoms with Gasteiger partial charge in [0, 0.05) is 18.9 Å². The lowest BCUT2D eigenvalue weighted by atomic mass is 9.63. The van der Waals surface area contributed by atoms with Crippen LogP contribution in [0.1, 0.15) is 53.9 Å². The molecule has 0 aromatic carbocycles. The maximum atomic E-state index is 11.6. The average molecular weight is 310 g/mol. The summed E-state index contributed by atoms with van der Waals surface area (Å²) in [5.74, 6) is -0.380. The topological polar surface area (TPSA) is 72.8 Å². The summed E-state index contributed by atoms with van der Waals surface area (Å²) in [4.78, 5) is 23.2. The van der Waals surface area contributed by atoms with Gasteiger partial charge in [-0.1, -0.05) is 5.57 Å². The van der Waals surface area contributed by atoms with Gasteiger partial charge in [0.15, 0.2) is 0 Å². The van der Waals surface area contributed by atoms with Crippen LogP contribution in [-0.4, -0.2) is 41.3 Å². The predicted molar refractivity (Wildman–Crippen MR) is 81.2 cm³/mol. The van der Waals surface area contributed by atoms with Crippen molar-refractivity contribution in [3.63, 3.8) is 0 Å². The number of aliphatic hydroxyl groups is 1. The van der Waals surface area contributed by atoms with E-state index in [-0.39, 0.29) is 12.1 Å². The van der Waals surface area contributed by atoms with E-state index >= 15 is 0 Å². The molecule has 0 bridgehead atoms. The van der Waals surface area contributed by atoms with Crippen LogP contribution in [0.2, 0.25) is 0 Å². The summed E-state index contributed by atoms with van der Waals surface area (Å²) in [5.41, 5.74) is 0.00909. The minimum atomic E-state index is -1.03. The van der Waals surface area contributed by atoms with Gasteiger partial charge >= 0.3 is 5.97 Å². The van der Waals surface area contributed by atoms with Crippen molar-refractivity contribution in [3.05, 3.63) is 11.1 Å². The lowest BCUT2D eigenvalue weighted by molar-refractivity contribution is -0.224. The van der Waals surface area contributed by atoms with Crippen LogP contribution in [0.15, 0.2) is 11.1 Å². The van der Waals surface area contributed by atoms with Crippen LogP contribution in [-0.2, 0) is 19.1 Å². The van der Waals surface area contributed by atoms with Crippen LogP contribution >= 0.6 is 0 Å². The number of carbonyl (C=O) groups is 2. The van der Waals surface area contributed by atoms with Crippen molar-refractivity contribution in [2.75, 3.05) is 0 Å². The molecule has 0 spiro atoms. The maximum absolute atomic E-state index is 11.6. The molecule has 2 aliphatic rings. The first-order chi connectivity index (χ1) is 10.1. The van der Waals surface area contributed by atoms with Gasteiger partial charge in [0.2, 0.25) is 0 Å². The summed E-state index contributed by atoms with van der Waals surface area (Å²) in [7, 11) is 0. The molecule has 1 N–H and O–H groups in total. The van der Waals surface area contributed by atoms with E-state index in [2.05, 4.69) is 0 Å². The van der Waals surface area contributed by atoms with Crippen molar-refractivity contribution in [2.45, 2.75) is 77.8 Å². The van der Waals surface area contributed by atoms with E-state index in [0.717, 1.165) is 24.7 Å². The van der Waals surface area contributed by atoms with E-state index in [1.165, 1.54) is 6.92 Å². The van der Waals surface area contributed by atoms with Gasteiger partial charge in [-0.25, -0.2) is 0 Å². The normalized spacial score (nSPS) is 35.8. The molecule has 2 rings (SSSR count). The van der Waals surface area contributed by atoms with Gasteiger partial charge in [0.25, 0.3) is 0 Å². The Bertz CT molecular complexity index is 502. The van der Waals surface area contributed by atoms with Gasteiger partial charge in [-0.05, 0) is 40.5 Å². The summed E-state index contributed by atoms with van der Waals surface area (Å²) in [6, 6.07) is 0. The van der Waals surface area contributed by atoms with Crippen LogP contribution in [0.5, 0.6) is 0 Å². The zero-order chi connectivity index (χ0) is 16.7. The second kappa shape index (κ2) is 5.78. The summed E-state index contributed by atoms with van der Waals surface area (Å²) in [6.07, 6.45) is 1.62. The van der Waals surface area contributed by atoms with Gasteiger partial charge < -0.3 is 14.6 Å². The van der Waals surface area contributed by atoms with E-state index in [9.17, 15) is 14.7 Å². The molecule has 1 aliphatic heterocycles. The number of fused-ring (bicyclic) bond motifs is 1. The Balaban J connectivity index is 2.45. The Labute approximate surface area is 131 Å². The van der Waals surface area contributed by atoms with Crippen LogP contribution in [0, 0.1) is 5.41 Å². The van der Waals surface area contributed by atoms with Crippen molar-refractivity contribution in [1.29, 1.82) is 0 Å². The maximum Gasteiger partial charge on any atom is 0.302 e. The second-order valence-electron chi connectivity index (χ2n) is 7.23. The molecule has 1 saturated heterocycles. The number of esters is 1. The molecule has 0 aromatic rings. The number of carbonyl (C=O) groups excluding carboxylic acids is 2. The Hall–Kier alpha value is -1.20. The third kappa shape index (κ3) is 2.84. The van der Waals surface area contributed by atoms with Crippen LogP contribution in [0.4, 0.5) is 0 Å². The zero-order valence-corrected chi connectivity index (χ0v) is 14.0. The molecule has 0 amide bonds. The monoisotopic (exact) mass is 310 g/mol. The minimum Gasteiger partial charge on any atom is -0.461 e. The molecule has 0 aromatic heterocycles. The molecule has 22 heavy (non-hydrogen) atoms. The number of allylic oxidation sites excluding steroid dienone is 1. The van der Waals surface area contributed by atoms with E-state index < -0.39 is 23.2 Å². The second-order valence-corrected chi connectivity index (χ2v) is 7.23. The third-order valence-electron chi connectivity index (χ3n) is 5.13. The van der Waals surface area contributed by atoms with Gasteiger partial charge in [-0.2, -0.15) is 0 Å². The van der Waals surface area contributed by atoms with Gasteiger partial charge in [-0.15, -0.1) is 0 Å². The van der Waals surface area contributed by atoms with Gasteiger partial charge in [-0.3, -0.25) is 9.59 Å². The lowest BCUT2D eigenvalue weighted by Gasteiger charge is -2.53. The molecule has 5 nitrogen and oxygen atoms in total. The molecule has 4 atom stereocenters. The summed E-state index contributed by atoms with van der Waals surface area (Å²) >= 11 is 0. The standard InChI is InChI=1S/C17H26O5/c1-10-6-7-13-17(5,12(10)9-18)15(21-11(2)19)8-14(22-13)16(3,4)20/h9,13-15,20H,6-8H2,1-5H3/t13-,14+,15+,17-/m0/s1. The summed E-state index contributed by atoms with van der Waals surface area (Å²) < 4.78 is 11.7. The number of hydrogen-bond donors (Lipinski definition) is 1. The van der Waals surface area contributed by atoms with Crippen molar-refractivity contribution < 1.29 is 24.2 Å². The Morgan fingerprint density at radius 2 is 2.14 bits per heavy atom. The van der Waals surface area contributed by atoms with Gasteiger partial charge in [0.1, 0.15) is 12.4 Å². The molecule has 5 heteroatoms. The molecule has 1 aliphatic carbocycles. The smallest absolute Gasteiger partial charge is 0.302 e. The zero-order valence-electron chi connectivity index (χ0n) is 14.0. The van der Waals surface area contributed by atoms with E-state index in [1.807, 2.05) is 13.8 Å². The molecular weight excluding hydrogens is 284 g/mol. The van der Waals surface area contributed by atoms with E-state index in [1.54, 1.807) is 13.8 Å². The number of ether oxygens (including phenoxy) is 2. The quantitative estimate of drug-likeness (QED) is 0.639. The highest BCUT2D eigenvalue weighted by molar-refractivity contribution is 5.78. The highest BCUT2D eigenvalue weighted by Crippen LogP contribution is 2.50. The molecule has 124 valence electrons. The average Bonchev–Trinajstić information content (AvgIpc) is 2.38. The molecule has 0 saturated carbocycles. The Morgan fingerprint density at radius 1 is 1.50 bits per heavy atom.